The molecule has 2 atom stereocenters. The van der Waals surface area contributed by atoms with Gasteiger partial charge in [0.1, 0.15) is 18.0 Å². The summed E-state index contributed by atoms with van der Waals surface area (Å²) in [6.07, 6.45) is 8.28. The van der Waals surface area contributed by atoms with Crippen LogP contribution in [0.25, 0.3) is 16.8 Å². The highest BCUT2D eigenvalue weighted by Crippen LogP contribution is 2.44. The maximum absolute atomic E-state index is 12.9. The molecule has 3 fully saturated rings. The van der Waals surface area contributed by atoms with Gasteiger partial charge in [-0.15, -0.1) is 0 Å². The maximum atomic E-state index is 12.9. The summed E-state index contributed by atoms with van der Waals surface area (Å²) in [5.74, 6) is 0.333. The van der Waals surface area contributed by atoms with Gasteiger partial charge in [-0.2, -0.15) is 9.61 Å². The normalized spacial score (nSPS) is 23.0. The number of piperidine rings is 1. The smallest absolute Gasteiger partial charge is 0.289 e. The van der Waals surface area contributed by atoms with Crippen molar-refractivity contribution in [1.82, 2.24) is 29.9 Å². The maximum Gasteiger partial charge on any atom is 0.289 e. The number of pyridine rings is 1. The number of aliphatic imine (C=N–C) groups is 1. The number of hydrogen-bond acceptors (Lipinski definition) is 9. The molecule has 3 aliphatic heterocycles. The number of aromatic nitrogens is 4. The number of nitrogen functional groups attached to an aromatic ring is 1. The molecule has 13 nitrogen and oxygen atoms in total. The Morgan fingerprint density at radius 2 is 1.97 bits per heavy atom. The summed E-state index contributed by atoms with van der Waals surface area (Å²) in [5.41, 5.74) is 18.9. The Labute approximate surface area is 224 Å². The van der Waals surface area contributed by atoms with Gasteiger partial charge in [-0.25, -0.2) is 20.4 Å². The largest absolute Gasteiger partial charge is 0.383 e. The lowest BCUT2D eigenvalue weighted by Crippen LogP contribution is -2.50. The minimum Gasteiger partial charge on any atom is -0.383 e. The Bertz CT molecular complexity index is 1480. The Morgan fingerprint density at radius 1 is 1.21 bits per heavy atom. The summed E-state index contributed by atoms with van der Waals surface area (Å²) < 4.78 is 1.52. The number of hydrazine groups is 1. The molecule has 1 amide bonds. The number of nitrogens with zero attached hydrogens (tertiary/aromatic N) is 7. The fourth-order valence-corrected chi connectivity index (χ4v) is 6.31. The molecule has 3 aromatic heterocycles. The molecule has 202 valence electrons. The molecule has 0 radical (unpaired) electrons. The van der Waals surface area contributed by atoms with Gasteiger partial charge in [0.2, 0.25) is 0 Å². The van der Waals surface area contributed by atoms with Crippen molar-refractivity contribution in [2.75, 3.05) is 23.8 Å². The van der Waals surface area contributed by atoms with Crippen molar-refractivity contribution >= 4 is 41.1 Å². The van der Waals surface area contributed by atoms with Gasteiger partial charge >= 0.3 is 0 Å². The number of hydrogen-bond donors (Lipinski definition) is 4. The van der Waals surface area contributed by atoms with Gasteiger partial charge in [-0.1, -0.05) is 0 Å². The minimum absolute atomic E-state index is 0.0554. The SMILES string of the molecule is CC(=O)c1c(C2CC3CCC(C2)N3C(=O)C(N)=NC=N)nc2c(-c3ccc(N4CCCN4)nc3)cnn2c1N. The number of carbonyl (C=O) groups is 2. The fraction of sp³-hybridized carbons (Fsp3) is 0.423. The van der Waals surface area contributed by atoms with Crippen LogP contribution in [0.15, 0.2) is 29.5 Å². The molecule has 6 heterocycles. The van der Waals surface area contributed by atoms with Crippen molar-refractivity contribution in [1.29, 1.82) is 5.41 Å². The summed E-state index contributed by atoms with van der Waals surface area (Å²) in [6, 6.07) is 3.84. The third-order valence-electron chi connectivity index (χ3n) is 8.04. The molecule has 3 aromatic rings. The van der Waals surface area contributed by atoms with Crippen molar-refractivity contribution in [3.05, 3.63) is 35.8 Å². The van der Waals surface area contributed by atoms with Gasteiger partial charge in [0, 0.05) is 48.4 Å². The van der Waals surface area contributed by atoms with E-state index in [4.69, 9.17) is 21.9 Å². The number of fused-ring (bicyclic) bond motifs is 3. The first-order valence-corrected chi connectivity index (χ1v) is 13.2. The zero-order valence-corrected chi connectivity index (χ0v) is 21.7. The third kappa shape index (κ3) is 4.18. The highest BCUT2D eigenvalue weighted by atomic mass is 16.2. The molecule has 6 N–H and O–H groups in total. The molecule has 13 heteroatoms. The molecule has 3 aliphatic rings. The lowest BCUT2D eigenvalue weighted by molar-refractivity contribution is -0.128. The van der Waals surface area contributed by atoms with Gasteiger partial charge in [-0.3, -0.25) is 20.0 Å². The molecule has 2 bridgehead atoms. The predicted molar refractivity (Wildman–Crippen MR) is 147 cm³/mol. The zero-order valence-electron chi connectivity index (χ0n) is 21.7. The van der Waals surface area contributed by atoms with E-state index >= 15 is 0 Å². The van der Waals surface area contributed by atoms with E-state index in [0.29, 0.717) is 29.7 Å². The first-order chi connectivity index (χ1) is 18.9. The second-order valence-electron chi connectivity index (χ2n) is 10.3. The van der Waals surface area contributed by atoms with Crippen LogP contribution in [0.3, 0.4) is 0 Å². The van der Waals surface area contributed by atoms with Gasteiger partial charge in [0.05, 0.1) is 17.5 Å². The molecule has 2 unspecified atom stereocenters. The number of rotatable bonds is 5. The summed E-state index contributed by atoms with van der Waals surface area (Å²) in [6.45, 7) is 3.33. The van der Waals surface area contributed by atoms with E-state index in [-0.39, 0.29) is 41.3 Å². The predicted octanol–water partition coefficient (Wildman–Crippen LogP) is 1.49. The zero-order chi connectivity index (χ0) is 27.3. The quantitative estimate of drug-likeness (QED) is 0.216. The topological polar surface area (TPSA) is 184 Å². The van der Waals surface area contributed by atoms with Crippen molar-refractivity contribution < 1.29 is 9.59 Å². The van der Waals surface area contributed by atoms with E-state index in [0.717, 1.165) is 55.6 Å². The van der Waals surface area contributed by atoms with Gasteiger partial charge in [-0.05, 0) is 51.2 Å². The number of nitrogens with one attached hydrogen (secondary N) is 2. The van der Waals surface area contributed by atoms with Crippen LogP contribution < -0.4 is 21.9 Å². The van der Waals surface area contributed by atoms with E-state index in [2.05, 4.69) is 20.5 Å². The van der Waals surface area contributed by atoms with E-state index in [1.54, 1.807) is 17.3 Å². The van der Waals surface area contributed by atoms with E-state index in [9.17, 15) is 9.59 Å². The molecular weight excluding hydrogens is 498 g/mol. The number of ketones is 1. The van der Waals surface area contributed by atoms with Gasteiger partial charge in [0.25, 0.3) is 5.91 Å². The number of carbonyl (C=O) groups excluding carboxylic acids is 2. The third-order valence-corrected chi connectivity index (χ3v) is 8.04. The molecule has 0 spiro atoms. The van der Waals surface area contributed by atoms with E-state index in [1.807, 2.05) is 17.1 Å². The van der Waals surface area contributed by atoms with Gasteiger partial charge < -0.3 is 16.4 Å². The summed E-state index contributed by atoms with van der Waals surface area (Å²) >= 11 is 0. The van der Waals surface area contributed by atoms with Crippen LogP contribution in [0.5, 0.6) is 0 Å². The van der Waals surface area contributed by atoms with Crippen molar-refractivity contribution in [2.24, 2.45) is 10.7 Å². The Balaban J connectivity index is 1.37. The first-order valence-electron chi connectivity index (χ1n) is 13.2. The lowest BCUT2D eigenvalue weighted by Gasteiger charge is -2.39. The number of Topliss-reactive ketones (excluding diaryl/α,β-unsaturated/α-hetero) is 1. The monoisotopic (exact) mass is 529 g/mol. The van der Waals surface area contributed by atoms with Crippen LogP contribution in [0, 0.1) is 5.41 Å². The Hall–Kier alpha value is -4.39. The number of nitrogens with two attached hydrogens (primary N) is 2. The number of anilines is 2. The van der Waals surface area contributed by atoms with E-state index in [1.165, 1.54) is 11.4 Å². The second kappa shape index (κ2) is 9.73. The van der Waals surface area contributed by atoms with Crippen LogP contribution in [0.4, 0.5) is 11.6 Å². The molecule has 0 aliphatic carbocycles. The second-order valence-corrected chi connectivity index (χ2v) is 10.3. The average molecular weight is 530 g/mol. The summed E-state index contributed by atoms with van der Waals surface area (Å²) in [4.78, 5) is 40.9. The van der Waals surface area contributed by atoms with Crippen molar-refractivity contribution in [3.8, 4) is 11.1 Å². The van der Waals surface area contributed by atoms with Crippen LogP contribution in [0.1, 0.15) is 61.0 Å². The highest BCUT2D eigenvalue weighted by Gasteiger charge is 2.45. The van der Waals surface area contributed by atoms with Crippen molar-refractivity contribution in [3.63, 3.8) is 0 Å². The highest BCUT2D eigenvalue weighted by molar-refractivity contribution is 6.38. The summed E-state index contributed by atoms with van der Waals surface area (Å²) in [5, 5.41) is 13.6. The lowest BCUT2D eigenvalue weighted by atomic mass is 9.85. The number of amides is 1. The first kappa shape index (κ1) is 24.9. The van der Waals surface area contributed by atoms with Crippen LogP contribution in [-0.2, 0) is 4.79 Å². The van der Waals surface area contributed by atoms with Crippen LogP contribution in [0.2, 0.25) is 0 Å². The molecule has 0 saturated carbocycles. The Morgan fingerprint density at radius 3 is 2.59 bits per heavy atom. The molecular formula is C26H31N11O2. The van der Waals surface area contributed by atoms with Crippen molar-refractivity contribution in [2.45, 2.75) is 57.0 Å². The molecule has 39 heavy (non-hydrogen) atoms. The number of amidine groups is 1. The molecule has 3 saturated heterocycles. The molecule has 6 rings (SSSR count). The standard InChI is InChI=1S/C26H31N11O2/c1-14(38)21-22(16-9-17-4-5-18(10-16)36(17)26(39)23(28)31-13-27)34-25-19(12-33-37(25)24(21)29)15-3-6-20(30-11-15)35-8-2-7-32-35/h3,6,11-13,16-18,32H,2,4-5,7-10,29H2,1H3,(H3,27,28,31). The molecule has 0 aromatic carbocycles. The average Bonchev–Trinajstić information content (AvgIpc) is 3.67. The van der Waals surface area contributed by atoms with Gasteiger partial charge in [0.15, 0.2) is 17.3 Å². The Kier molecular flexibility index (Phi) is 6.22. The minimum atomic E-state index is -0.350. The van der Waals surface area contributed by atoms with Crippen LogP contribution >= 0.6 is 0 Å². The van der Waals surface area contributed by atoms with E-state index < -0.39 is 0 Å². The fourth-order valence-electron chi connectivity index (χ4n) is 6.31. The summed E-state index contributed by atoms with van der Waals surface area (Å²) in [7, 11) is 0. The van der Waals surface area contributed by atoms with Crippen LogP contribution in [-0.4, -0.2) is 73.5 Å².